The number of primary amides is 1. The molecule has 0 spiro atoms. The van der Waals surface area contributed by atoms with E-state index in [9.17, 15) is 14.3 Å². The molecule has 0 saturated carbocycles. The van der Waals surface area contributed by atoms with Crippen molar-refractivity contribution in [3.63, 3.8) is 0 Å². The van der Waals surface area contributed by atoms with Gasteiger partial charge < -0.3 is 16.2 Å². The van der Waals surface area contributed by atoms with E-state index in [-0.39, 0.29) is 5.75 Å². The van der Waals surface area contributed by atoms with Crippen LogP contribution in [0.3, 0.4) is 0 Å². The molecule has 1 aromatic rings. The van der Waals surface area contributed by atoms with Gasteiger partial charge in [-0.2, -0.15) is 0 Å². The van der Waals surface area contributed by atoms with E-state index in [0.29, 0.717) is 12.1 Å². The number of phenolic OH excluding ortho intramolecular Hbond substituents is 1. The molecule has 0 radical (unpaired) electrons. The Hall–Kier alpha value is -1.62. The molecular formula is C10H13FN2O2. The summed E-state index contributed by atoms with van der Waals surface area (Å²) in [4.78, 5) is 11.1. The first kappa shape index (κ1) is 11.5. The molecule has 0 aromatic heterocycles. The van der Waals surface area contributed by atoms with Gasteiger partial charge in [0.05, 0.1) is 0 Å². The molecule has 82 valence electrons. The second-order valence-electron chi connectivity index (χ2n) is 3.14. The van der Waals surface area contributed by atoms with Crippen LogP contribution in [0.5, 0.6) is 5.75 Å². The molecule has 1 atom stereocenters. The van der Waals surface area contributed by atoms with Crippen molar-refractivity contribution in [2.45, 2.75) is 13.0 Å². The Morgan fingerprint density at radius 2 is 2.27 bits per heavy atom. The lowest BCUT2D eigenvalue weighted by Gasteiger charge is -2.14. The summed E-state index contributed by atoms with van der Waals surface area (Å²) in [6.07, 6.45) is 0. The topological polar surface area (TPSA) is 75.3 Å². The minimum Gasteiger partial charge on any atom is -0.508 e. The third-order valence-electron chi connectivity index (χ3n) is 1.93. The van der Waals surface area contributed by atoms with E-state index < -0.39 is 17.8 Å². The molecule has 0 aliphatic carbocycles. The third kappa shape index (κ3) is 2.92. The Kier molecular flexibility index (Phi) is 3.62. The molecular weight excluding hydrogens is 199 g/mol. The lowest BCUT2D eigenvalue weighted by molar-refractivity contribution is -0.120. The van der Waals surface area contributed by atoms with Crippen LogP contribution in [0.1, 0.15) is 18.5 Å². The predicted octanol–water partition coefficient (Wildman–Crippen LogP) is 0.667. The van der Waals surface area contributed by atoms with Crippen LogP contribution in [0, 0.1) is 5.82 Å². The molecule has 4 N–H and O–H groups in total. The summed E-state index contributed by atoms with van der Waals surface area (Å²) in [5.74, 6) is -1.44. The molecule has 1 amide bonds. The number of hydrogen-bond donors (Lipinski definition) is 3. The van der Waals surface area contributed by atoms with E-state index in [1.807, 2.05) is 0 Å². The number of aromatic hydroxyl groups is 1. The summed E-state index contributed by atoms with van der Waals surface area (Å²) < 4.78 is 13.0. The zero-order valence-corrected chi connectivity index (χ0v) is 8.33. The Morgan fingerprint density at radius 1 is 1.60 bits per heavy atom. The molecule has 1 rings (SSSR count). The highest BCUT2D eigenvalue weighted by Crippen LogP contribution is 2.20. The number of nitrogens with two attached hydrogens (primary N) is 1. The average Bonchev–Trinajstić information content (AvgIpc) is 2.11. The van der Waals surface area contributed by atoms with Crippen LogP contribution in [0.15, 0.2) is 18.2 Å². The standard InChI is InChI=1S/C10H13FN2O2/c1-2-13-9(10(12)15)6-3-7(11)5-8(14)4-6/h3-5,9,13-14H,2H2,1H3,(H2,12,15). The van der Waals surface area contributed by atoms with Gasteiger partial charge in [0.2, 0.25) is 5.91 Å². The van der Waals surface area contributed by atoms with Gasteiger partial charge in [-0.25, -0.2) is 4.39 Å². The Labute approximate surface area is 86.9 Å². The van der Waals surface area contributed by atoms with E-state index >= 15 is 0 Å². The van der Waals surface area contributed by atoms with Gasteiger partial charge in [-0.1, -0.05) is 6.92 Å². The lowest BCUT2D eigenvalue weighted by Crippen LogP contribution is -2.33. The van der Waals surface area contributed by atoms with Crippen molar-refractivity contribution >= 4 is 5.91 Å². The van der Waals surface area contributed by atoms with Crippen LogP contribution in [0.25, 0.3) is 0 Å². The van der Waals surface area contributed by atoms with Crippen molar-refractivity contribution in [1.82, 2.24) is 5.32 Å². The van der Waals surface area contributed by atoms with Crippen molar-refractivity contribution in [2.24, 2.45) is 5.73 Å². The number of carbonyl (C=O) groups excluding carboxylic acids is 1. The monoisotopic (exact) mass is 212 g/mol. The summed E-state index contributed by atoms with van der Waals surface area (Å²) in [5.41, 5.74) is 5.47. The van der Waals surface area contributed by atoms with Gasteiger partial charge >= 0.3 is 0 Å². The summed E-state index contributed by atoms with van der Waals surface area (Å²) in [7, 11) is 0. The van der Waals surface area contributed by atoms with Crippen LogP contribution < -0.4 is 11.1 Å². The second kappa shape index (κ2) is 4.75. The Balaban J connectivity index is 3.05. The predicted molar refractivity (Wildman–Crippen MR) is 53.7 cm³/mol. The lowest BCUT2D eigenvalue weighted by atomic mass is 10.1. The van der Waals surface area contributed by atoms with E-state index in [4.69, 9.17) is 5.73 Å². The van der Waals surface area contributed by atoms with Crippen LogP contribution >= 0.6 is 0 Å². The SMILES string of the molecule is CCNC(C(N)=O)c1cc(O)cc(F)c1. The van der Waals surface area contributed by atoms with Crippen molar-refractivity contribution in [2.75, 3.05) is 6.54 Å². The number of nitrogens with one attached hydrogen (secondary N) is 1. The first-order valence-corrected chi connectivity index (χ1v) is 4.56. The molecule has 5 heteroatoms. The van der Waals surface area contributed by atoms with E-state index in [0.717, 1.165) is 12.1 Å². The average molecular weight is 212 g/mol. The van der Waals surface area contributed by atoms with Crippen molar-refractivity contribution < 1.29 is 14.3 Å². The number of hydrogen-bond acceptors (Lipinski definition) is 3. The second-order valence-corrected chi connectivity index (χ2v) is 3.14. The number of likely N-dealkylation sites (N-methyl/N-ethyl adjacent to an activating group) is 1. The van der Waals surface area contributed by atoms with E-state index in [1.54, 1.807) is 6.92 Å². The summed E-state index contributed by atoms with van der Waals surface area (Å²) in [5, 5.41) is 12.0. The van der Waals surface area contributed by atoms with Crippen molar-refractivity contribution in [1.29, 1.82) is 0 Å². The quantitative estimate of drug-likeness (QED) is 0.686. The van der Waals surface area contributed by atoms with Crippen LogP contribution in [0.2, 0.25) is 0 Å². The zero-order chi connectivity index (χ0) is 11.4. The molecule has 15 heavy (non-hydrogen) atoms. The number of rotatable bonds is 4. The van der Waals surface area contributed by atoms with Crippen LogP contribution in [-0.2, 0) is 4.79 Å². The van der Waals surface area contributed by atoms with E-state index in [2.05, 4.69) is 5.32 Å². The molecule has 4 nitrogen and oxygen atoms in total. The molecule has 0 aliphatic heterocycles. The van der Waals surface area contributed by atoms with Crippen molar-refractivity contribution in [3.05, 3.63) is 29.6 Å². The summed E-state index contributed by atoms with van der Waals surface area (Å²) >= 11 is 0. The minimum absolute atomic E-state index is 0.228. The Bertz CT molecular complexity index is 348. The summed E-state index contributed by atoms with van der Waals surface area (Å²) in [6.45, 7) is 2.32. The zero-order valence-electron chi connectivity index (χ0n) is 8.33. The summed E-state index contributed by atoms with van der Waals surface area (Å²) in [6, 6.07) is 2.66. The minimum atomic E-state index is -0.781. The number of halogens is 1. The fraction of sp³-hybridized carbons (Fsp3) is 0.300. The maximum absolute atomic E-state index is 13.0. The maximum atomic E-state index is 13.0. The first-order valence-electron chi connectivity index (χ1n) is 4.56. The van der Waals surface area contributed by atoms with Crippen LogP contribution in [0.4, 0.5) is 4.39 Å². The molecule has 0 bridgehead atoms. The largest absolute Gasteiger partial charge is 0.508 e. The third-order valence-corrected chi connectivity index (χ3v) is 1.93. The maximum Gasteiger partial charge on any atom is 0.239 e. The van der Waals surface area contributed by atoms with Gasteiger partial charge in [0.25, 0.3) is 0 Å². The number of phenols is 1. The highest BCUT2D eigenvalue weighted by Gasteiger charge is 2.17. The molecule has 1 unspecified atom stereocenters. The molecule has 0 aliphatic rings. The van der Waals surface area contributed by atoms with Gasteiger partial charge in [0.15, 0.2) is 0 Å². The van der Waals surface area contributed by atoms with Crippen LogP contribution in [-0.4, -0.2) is 17.6 Å². The molecule has 0 heterocycles. The fourth-order valence-corrected chi connectivity index (χ4v) is 1.35. The molecule has 0 fully saturated rings. The van der Waals surface area contributed by atoms with E-state index in [1.165, 1.54) is 6.07 Å². The molecule has 1 aromatic carbocycles. The Morgan fingerprint density at radius 3 is 2.73 bits per heavy atom. The number of benzene rings is 1. The van der Waals surface area contributed by atoms with Gasteiger partial charge in [-0.05, 0) is 24.2 Å². The fourth-order valence-electron chi connectivity index (χ4n) is 1.35. The smallest absolute Gasteiger partial charge is 0.239 e. The normalized spacial score (nSPS) is 12.4. The van der Waals surface area contributed by atoms with Gasteiger partial charge in [0, 0.05) is 6.07 Å². The highest BCUT2D eigenvalue weighted by atomic mass is 19.1. The number of carbonyl (C=O) groups is 1. The van der Waals surface area contributed by atoms with Gasteiger partial charge in [-0.15, -0.1) is 0 Å². The van der Waals surface area contributed by atoms with Gasteiger partial charge in [-0.3, -0.25) is 4.79 Å². The highest BCUT2D eigenvalue weighted by molar-refractivity contribution is 5.81. The van der Waals surface area contributed by atoms with Gasteiger partial charge in [0.1, 0.15) is 17.6 Å². The number of amides is 1. The first-order chi connectivity index (χ1) is 7.04. The van der Waals surface area contributed by atoms with Crippen molar-refractivity contribution in [3.8, 4) is 5.75 Å². The molecule has 0 saturated heterocycles.